The fourth-order valence-electron chi connectivity index (χ4n) is 4.33. The van der Waals surface area contributed by atoms with Crippen molar-refractivity contribution in [3.05, 3.63) is 51.6 Å². The molecule has 0 aliphatic carbocycles. The molecule has 1 fully saturated rings. The lowest BCUT2D eigenvalue weighted by molar-refractivity contribution is 0.145. The third-order valence-electron chi connectivity index (χ3n) is 6.52. The van der Waals surface area contributed by atoms with Gasteiger partial charge < -0.3 is 24.6 Å². The summed E-state index contributed by atoms with van der Waals surface area (Å²) in [6, 6.07) is 9.56. The fraction of sp³-hybridized carbons (Fsp3) is 0.407. The molecule has 2 aromatic carbocycles. The van der Waals surface area contributed by atoms with E-state index in [1.165, 1.54) is 0 Å². The number of methoxy groups -OCH3 is 1. The molecule has 2 heterocycles. The molecular formula is C27H31Cl2N5O2. The Bertz CT molecular complexity index is 1270. The van der Waals surface area contributed by atoms with E-state index in [-0.39, 0.29) is 0 Å². The van der Waals surface area contributed by atoms with Gasteiger partial charge in [0.2, 0.25) is 0 Å². The smallest absolute Gasteiger partial charge is 0.163 e. The highest BCUT2D eigenvalue weighted by molar-refractivity contribution is 6.37. The number of piperazine rings is 1. The quantitative estimate of drug-likeness (QED) is 0.355. The summed E-state index contributed by atoms with van der Waals surface area (Å²) in [5.74, 6) is 1.21. The predicted octanol–water partition coefficient (Wildman–Crippen LogP) is 5.74. The number of anilines is 2. The lowest BCUT2D eigenvalue weighted by atomic mass is 10.1. The molecule has 1 aliphatic heterocycles. The summed E-state index contributed by atoms with van der Waals surface area (Å²) in [5.41, 5.74) is 3.32. The van der Waals surface area contributed by atoms with Crippen LogP contribution < -0.4 is 14.8 Å². The number of aryl methyl sites for hydroxylation is 1. The van der Waals surface area contributed by atoms with Crippen LogP contribution in [0.4, 0.5) is 11.4 Å². The molecule has 1 aliphatic rings. The van der Waals surface area contributed by atoms with Crippen LogP contribution >= 0.6 is 23.2 Å². The Morgan fingerprint density at radius 1 is 1.08 bits per heavy atom. The standard InChI is InChI=1S/C27H31Cl2N5O2/c1-4-18-12-24(22(29)14-21(18)28)32-27-19(16-30)17-31-23-15-26(25(35-3)13-20(23)27)36-11-5-6-34-9-7-33(2)8-10-34/h12-15,17H,4-11H2,1-3H3,(H,31,32). The Kier molecular flexibility index (Phi) is 8.76. The molecule has 1 N–H and O–H groups in total. The van der Waals surface area contributed by atoms with Gasteiger partial charge in [-0.1, -0.05) is 30.1 Å². The normalized spacial score (nSPS) is 14.6. The summed E-state index contributed by atoms with van der Waals surface area (Å²) in [7, 11) is 3.77. The molecule has 0 unspecified atom stereocenters. The highest BCUT2D eigenvalue weighted by Crippen LogP contribution is 2.39. The summed E-state index contributed by atoms with van der Waals surface area (Å²) in [6.45, 7) is 8.00. The zero-order chi connectivity index (χ0) is 25.7. The van der Waals surface area contributed by atoms with E-state index in [9.17, 15) is 5.26 Å². The van der Waals surface area contributed by atoms with Crippen LogP contribution in [-0.2, 0) is 6.42 Å². The maximum atomic E-state index is 9.77. The van der Waals surface area contributed by atoms with Gasteiger partial charge in [-0.25, -0.2) is 0 Å². The van der Waals surface area contributed by atoms with Gasteiger partial charge >= 0.3 is 0 Å². The van der Waals surface area contributed by atoms with Gasteiger partial charge in [0.05, 0.1) is 41.2 Å². The SMILES string of the molecule is CCc1cc(Nc2c(C#N)cnc3cc(OCCCN4CCN(C)CC4)c(OC)cc23)c(Cl)cc1Cl. The second-order valence-corrected chi connectivity index (χ2v) is 9.74. The molecule has 190 valence electrons. The predicted molar refractivity (Wildman–Crippen MR) is 146 cm³/mol. The number of aromatic nitrogens is 1. The number of likely N-dealkylation sites (N-methyl/N-ethyl adjacent to an activating group) is 1. The van der Waals surface area contributed by atoms with Gasteiger partial charge in [-0.2, -0.15) is 5.26 Å². The first-order valence-corrected chi connectivity index (χ1v) is 12.9. The average Bonchev–Trinajstić information content (AvgIpc) is 2.88. The summed E-state index contributed by atoms with van der Waals surface area (Å²) in [4.78, 5) is 9.32. The molecular weight excluding hydrogens is 497 g/mol. The molecule has 9 heteroatoms. The third kappa shape index (κ3) is 5.96. The second-order valence-electron chi connectivity index (χ2n) is 8.93. The van der Waals surface area contributed by atoms with Gasteiger partial charge in [0.15, 0.2) is 11.5 Å². The first-order valence-electron chi connectivity index (χ1n) is 12.1. The van der Waals surface area contributed by atoms with Crippen LogP contribution in [0.5, 0.6) is 11.5 Å². The number of halogens is 2. The molecule has 0 saturated carbocycles. The number of nitriles is 1. The number of nitrogens with zero attached hydrogens (tertiary/aromatic N) is 4. The van der Waals surface area contributed by atoms with Crippen LogP contribution in [0, 0.1) is 11.3 Å². The van der Waals surface area contributed by atoms with Crippen LogP contribution in [0.1, 0.15) is 24.5 Å². The molecule has 0 spiro atoms. The molecule has 1 saturated heterocycles. The minimum atomic E-state index is 0.398. The van der Waals surface area contributed by atoms with Gasteiger partial charge in [-0.05, 0) is 43.7 Å². The zero-order valence-electron chi connectivity index (χ0n) is 20.9. The van der Waals surface area contributed by atoms with Crippen LogP contribution in [0.25, 0.3) is 10.9 Å². The van der Waals surface area contributed by atoms with Gasteiger partial charge in [-0.15, -0.1) is 0 Å². The number of hydrogen-bond acceptors (Lipinski definition) is 7. The Balaban J connectivity index is 1.57. The molecule has 7 nitrogen and oxygen atoms in total. The Labute approximate surface area is 222 Å². The number of ether oxygens (including phenoxy) is 2. The van der Waals surface area contributed by atoms with Crippen molar-refractivity contribution >= 4 is 45.5 Å². The minimum absolute atomic E-state index is 0.398. The lowest BCUT2D eigenvalue weighted by Crippen LogP contribution is -2.44. The molecule has 3 aromatic rings. The molecule has 4 rings (SSSR count). The summed E-state index contributed by atoms with van der Waals surface area (Å²) < 4.78 is 11.7. The monoisotopic (exact) mass is 527 g/mol. The van der Waals surface area contributed by atoms with Crippen molar-refractivity contribution in [1.82, 2.24) is 14.8 Å². The summed E-state index contributed by atoms with van der Waals surface area (Å²) >= 11 is 12.8. The largest absolute Gasteiger partial charge is 0.493 e. The highest BCUT2D eigenvalue weighted by atomic mass is 35.5. The van der Waals surface area contributed by atoms with E-state index in [0.717, 1.165) is 56.5 Å². The van der Waals surface area contributed by atoms with Crippen molar-refractivity contribution in [1.29, 1.82) is 5.26 Å². The molecule has 0 amide bonds. The van der Waals surface area contributed by atoms with Crippen LogP contribution in [0.15, 0.2) is 30.5 Å². The molecule has 0 bridgehead atoms. The average molecular weight is 528 g/mol. The molecule has 0 radical (unpaired) electrons. The Hall–Kier alpha value is -2.76. The fourth-order valence-corrected chi connectivity index (χ4v) is 4.89. The maximum Gasteiger partial charge on any atom is 0.163 e. The first-order chi connectivity index (χ1) is 17.4. The van der Waals surface area contributed by atoms with E-state index < -0.39 is 0 Å². The zero-order valence-corrected chi connectivity index (χ0v) is 22.4. The number of nitrogens with one attached hydrogen (secondary N) is 1. The van der Waals surface area contributed by atoms with Crippen molar-refractivity contribution in [2.45, 2.75) is 19.8 Å². The van der Waals surface area contributed by atoms with E-state index in [1.807, 2.05) is 25.1 Å². The van der Waals surface area contributed by atoms with Gasteiger partial charge in [0, 0.05) is 55.4 Å². The van der Waals surface area contributed by atoms with Gasteiger partial charge in [0.25, 0.3) is 0 Å². The third-order valence-corrected chi connectivity index (χ3v) is 7.19. The van der Waals surface area contributed by atoms with E-state index in [2.05, 4.69) is 33.2 Å². The summed E-state index contributed by atoms with van der Waals surface area (Å²) in [5, 5.41) is 14.9. The van der Waals surface area contributed by atoms with Crippen LogP contribution in [0.3, 0.4) is 0 Å². The number of hydrogen-bond donors (Lipinski definition) is 1. The van der Waals surface area contributed by atoms with Crippen molar-refractivity contribution in [2.24, 2.45) is 0 Å². The lowest BCUT2D eigenvalue weighted by Gasteiger charge is -2.32. The molecule has 0 atom stereocenters. The van der Waals surface area contributed by atoms with Crippen LogP contribution in [-0.4, -0.2) is 68.3 Å². The van der Waals surface area contributed by atoms with Crippen LogP contribution in [0.2, 0.25) is 10.0 Å². The maximum absolute atomic E-state index is 9.77. The summed E-state index contributed by atoms with van der Waals surface area (Å²) in [6.07, 6.45) is 3.24. The minimum Gasteiger partial charge on any atom is -0.493 e. The van der Waals surface area contributed by atoms with Crippen molar-refractivity contribution in [3.8, 4) is 17.6 Å². The first kappa shape index (κ1) is 26.3. The van der Waals surface area contributed by atoms with E-state index in [1.54, 1.807) is 19.4 Å². The molecule has 36 heavy (non-hydrogen) atoms. The van der Waals surface area contributed by atoms with E-state index in [4.69, 9.17) is 32.7 Å². The number of fused-ring (bicyclic) bond motifs is 1. The van der Waals surface area contributed by atoms with Gasteiger partial charge in [-0.3, -0.25) is 4.98 Å². The number of pyridine rings is 1. The Morgan fingerprint density at radius 2 is 1.86 bits per heavy atom. The Morgan fingerprint density at radius 3 is 2.56 bits per heavy atom. The van der Waals surface area contributed by atoms with Gasteiger partial charge in [0.1, 0.15) is 6.07 Å². The highest BCUT2D eigenvalue weighted by Gasteiger charge is 2.17. The van der Waals surface area contributed by atoms with Crippen molar-refractivity contribution < 1.29 is 9.47 Å². The number of rotatable bonds is 9. The van der Waals surface area contributed by atoms with E-state index in [0.29, 0.717) is 50.6 Å². The van der Waals surface area contributed by atoms with Crippen molar-refractivity contribution in [2.75, 3.05) is 58.8 Å². The van der Waals surface area contributed by atoms with E-state index >= 15 is 0 Å². The van der Waals surface area contributed by atoms with Crippen molar-refractivity contribution in [3.63, 3.8) is 0 Å². The number of benzene rings is 2. The topological polar surface area (TPSA) is 73.7 Å². The molecule has 1 aromatic heterocycles. The second kappa shape index (κ2) is 12.0.